The van der Waals surface area contributed by atoms with Gasteiger partial charge in [-0.1, -0.05) is 40.2 Å². The normalized spacial score (nSPS) is 11.9. The fourth-order valence-electron chi connectivity index (χ4n) is 2.70. The molecule has 0 saturated heterocycles. The molecule has 6 heteroatoms. The van der Waals surface area contributed by atoms with Crippen molar-refractivity contribution in [3.63, 3.8) is 0 Å². The molecular formula is C21H24BrFN2O2. The van der Waals surface area contributed by atoms with Crippen LogP contribution in [-0.4, -0.2) is 28.8 Å². The Labute approximate surface area is 167 Å². The molecule has 0 unspecified atom stereocenters. The summed E-state index contributed by atoms with van der Waals surface area (Å²) in [5.41, 5.74) is 1.62. The van der Waals surface area contributed by atoms with Gasteiger partial charge in [0.1, 0.15) is 11.9 Å². The molecule has 0 fully saturated rings. The zero-order valence-corrected chi connectivity index (χ0v) is 17.3. The molecule has 0 aliphatic rings. The maximum Gasteiger partial charge on any atom is 0.242 e. The molecule has 2 aromatic carbocycles. The number of carbonyl (C=O) groups excluding carboxylic acids is 2. The largest absolute Gasteiger partial charge is 0.352 e. The fraction of sp³-hybridized carbons (Fsp3) is 0.333. The number of hydrogen-bond acceptors (Lipinski definition) is 2. The predicted molar refractivity (Wildman–Crippen MR) is 108 cm³/mol. The molecular weight excluding hydrogens is 411 g/mol. The van der Waals surface area contributed by atoms with Crippen molar-refractivity contribution in [2.75, 3.05) is 0 Å². The maximum absolute atomic E-state index is 13.1. The van der Waals surface area contributed by atoms with E-state index >= 15 is 0 Å². The number of hydrogen-bond donors (Lipinski definition) is 1. The number of nitrogens with one attached hydrogen (secondary N) is 1. The Kier molecular flexibility index (Phi) is 7.54. The van der Waals surface area contributed by atoms with Gasteiger partial charge in [0.2, 0.25) is 11.8 Å². The van der Waals surface area contributed by atoms with E-state index in [0.29, 0.717) is 12.1 Å². The molecule has 0 bridgehead atoms. The lowest BCUT2D eigenvalue weighted by atomic mass is 10.1. The topological polar surface area (TPSA) is 49.4 Å². The van der Waals surface area contributed by atoms with E-state index in [1.54, 1.807) is 24.0 Å². The van der Waals surface area contributed by atoms with E-state index in [-0.39, 0.29) is 30.1 Å². The van der Waals surface area contributed by atoms with Gasteiger partial charge in [-0.15, -0.1) is 0 Å². The summed E-state index contributed by atoms with van der Waals surface area (Å²) in [6, 6.07) is 12.8. The monoisotopic (exact) mass is 434 g/mol. The first kappa shape index (κ1) is 21.1. The van der Waals surface area contributed by atoms with E-state index in [2.05, 4.69) is 21.2 Å². The quantitative estimate of drug-likeness (QED) is 0.713. The van der Waals surface area contributed by atoms with Crippen molar-refractivity contribution in [1.82, 2.24) is 10.2 Å². The first-order valence-corrected chi connectivity index (χ1v) is 9.64. The lowest BCUT2D eigenvalue weighted by Gasteiger charge is -2.29. The van der Waals surface area contributed by atoms with Crippen LogP contribution in [0.25, 0.3) is 0 Å². The Balaban J connectivity index is 2.22. The molecule has 2 amide bonds. The van der Waals surface area contributed by atoms with Crippen LogP contribution in [0.5, 0.6) is 0 Å². The number of nitrogens with zero attached hydrogens (tertiary/aromatic N) is 1. The summed E-state index contributed by atoms with van der Waals surface area (Å²) in [5.74, 6) is -0.734. The van der Waals surface area contributed by atoms with Gasteiger partial charge in [0.25, 0.3) is 0 Å². The van der Waals surface area contributed by atoms with Crippen molar-refractivity contribution in [3.8, 4) is 0 Å². The molecule has 0 heterocycles. The first-order valence-electron chi connectivity index (χ1n) is 8.85. The molecule has 1 atom stereocenters. The van der Waals surface area contributed by atoms with Crippen LogP contribution < -0.4 is 5.32 Å². The van der Waals surface area contributed by atoms with Gasteiger partial charge in [0.05, 0.1) is 6.42 Å². The van der Waals surface area contributed by atoms with E-state index in [0.717, 1.165) is 10.0 Å². The second-order valence-electron chi connectivity index (χ2n) is 6.79. The van der Waals surface area contributed by atoms with Crippen LogP contribution in [0.1, 0.15) is 31.9 Å². The number of halogens is 2. The standard InChI is InChI=1S/C21H24BrFN2O2/c1-14(2)24-21(27)15(3)25(13-17-5-4-6-18(22)11-17)20(26)12-16-7-9-19(23)10-8-16/h4-11,14-15H,12-13H2,1-3H3,(H,24,27)/t15-/m1/s1. The molecule has 27 heavy (non-hydrogen) atoms. The highest BCUT2D eigenvalue weighted by Gasteiger charge is 2.26. The van der Waals surface area contributed by atoms with Gasteiger partial charge in [-0.25, -0.2) is 4.39 Å². The van der Waals surface area contributed by atoms with Crippen molar-refractivity contribution in [2.24, 2.45) is 0 Å². The molecule has 0 aliphatic heterocycles. The zero-order valence-electron chi connectivity index (χ0n) is 15.7. The lowest BCUT2D eigenvalue weighted by Crippen LogP contribution is -2.49. The second kappa shape index (κ2) is 9.65. The van der Waals surface area contributed by atoms with Crippen LogP contribution in [0, 0.1) is 5.82 Å². The molecule has 0 radical (unpaired) electrons. The van der Waals surface area contributed by atoms with Crippen LogP contribution in [0.15, 0.2) is 53.0 Å². The summed E-state index contributed by atoms with van der Waals surface area (Å²) in [6.45, 7) is 5.79. The van der Waals surface area contributed by atoms with Crippen LogP contribution >= 0.6 is 15.9 Å². The molecule has 0 aliphatic carbocycles. The van der Waals surface area contributed by atoms with Gasteiger partial charge >= 0.3 is 0 Å². The van der Waals surface area contributed by atoms with E-state index in [1.165, 1.54) is 12.1 Å². The third-order valence-corrected chi connectivity index (χ3v) is 4.60. The lowest BCUT2D eigenvalue weighted by molar-refractivity contribution is -0.140. The van der Waals surface area contributed by atoms with Crippen molar-refractivity contribution >= 4 is 27.7 Å². The third-order valence-electron chi connectivity index (χ3n) is 4.11. The predicted octanol–water partition coefficient (Wildman–Crippen LogP) is 4.07. The van der Waals surface area contributed by atoms with Gasteiger partial charge in [0.15, 0.2) is 0 Å². The van der Waals surface area contributed by atoms with Crippen molar-refractivity contribution in [3.05, 3.63) is 69.9 Å². The van der Waals surface area contributed by atoms with Gasteiger partial charge in [-0.05, 0) is 56.2 Å². The van der Waals surface area contributed by atoms with Crippen LogP contribution in [-0.2, 0) is 22.6 Å². The summed E-state index contributed by atoms with van der Waals surface area (Å²) in [7, 11) is 0. The van der Waals surface area contributed by atoms with Gasteiger partial charge in [-0.2, -0.15) is 0 Å². The van der Waals surface area contributed by atoms with Gasteiger partial charge < -0.3 is 10.2 Å². The Morgan fingerprint density at radius 1 is 1.07 bits per heavy atom. The summed E-state index contributed by atoms with van der Waals surface area (Å²) in [4.78, 5) is 27.0. The number of amides is 2. The van der Waals surface area contributed by atoms with Gasteiger partial charge in [-0.3, -0.25) is 9.59 Å². The van der Waals surface area contributed by atoms with Crippen LogP contribution in [0.4, 0.5) is 4.39 Å². The Hall–Kier alpha value is -2.21. The smallest absolute Gasteiger partial charge is 0.242 e. The fourth-order valence-corrected chi connectivity index (χ4v) is 3.14. The molecule has 1 N–H and O–H groups in total. The molecule has 2 rings (SSSR count). The average molecular weight is 435 g/mol. The highest BCUT2D eigenvalue weighted by molar-refractivity contribution is 9.10. The number of carbonyl (C=O) groups is 2. The van der Waals surface area contributed by atoms with E-state index in [9.17, 15) is 14.0 Å². The minimum Gasteiger partial charge on any atom is -0.352 e. The van der Waals surface area contributed by atoms with E-state index in [1.807, 2.05) is 38.1 Å². The van der Waals surface area contributed by atoms with Crippen LogP contribution in [0.2, 0.25) is 0 Å². The van der Waals surface area contributed by atoms with Crippen molar-refractivity contribution < 1.29 is 14.0 Å². The summed E-state index contributed by atoms with van der Waals surface area (Å²) >= 11 is 3.43. The summed E-state index contributed by atoms with van der Waals surface area (Å²) in [5, 5.41) is 2.85. The minimum absolute atomic E-state index is 0.0140. The minimum atomic E-state index is -0.626. The van der Waals surface area contributed by atoms with E-state index in [4.69, 9.17) is 0 Å². The first-order chi connectivity index (χ1) is 12.8. The Bertz CT molecular complexity index is 793. The van der Waals surface area contributed by atoms with Crippen molar-refractivity contribution in [1.29, 1.82) is 0 Å². The third kappa shape index (κ3) is 6.47. The zero-order chi connectivity index (χ0) is 20.0. The Morgan fingerprint density at radius 3 is 2.33 bits per heavy atom. The number of rotatable bonds is 7. The summed E-state index contributed by atoms with van der Waals surface area (Å²) < 4.78 is 14.0. The molecule has 0 spiro atoms. The molecule has 2 aromatic rings. The second-order valence-corrected chi connectivity index (χ2v) is 7.71. The molecule has 4 nitrogen and oxygen atoms in total. The van der Waals surface area contributed by atoms with E-state index < -0.39 is 6.04 Å². The molecule has 144 valence electrons. The molecule has 0 aromatic heterocycles. The SMILES string of the molecule is CC(C)NC(=O)[C@@H](C)N(Cc1cccc(Br)c1)C(=O)Cc1ccc(F)cc1. The molecule has 0 saturated carbocycles. The van der Waals surface area contributed by atoms with Crippen LogP contribution in [0.3, 0.4) is 0 Å². The van der Waals surface area contributed by atoms with Gasteiger partial charge in [0, 0.05) is 17.1 Å². The average Bonchev–Trinajstić information content (AvgIpc) is 2.60. The highest BCUT2D eigenvalue weighted by Crippen LogP contribution is 2.16. The van der Waals surface area contributed by atoms with Crippen molar-refractivity contribution in [2.45, 2.75) is 45.8 Å². The number of benzene rings is 2. The highest BCUT2D eigenvalue weighted by atomic mass is 79.9. The maximum atomic E-state index is 13.1. The Morgan fingerprint density at radius 2 is 1.74 bits per heavy atom. The summed E-state index contributed by atoms with van der Waals surface area (Å²) in [6.07, 6.45) is 0.105.